The summed E-state index contributed by atoms with van der Waals surface area (Å²) in [5, 5.41) is 32.5. The zero-order valence-corrected chi connectivity index (χ0v) is 63.2. The number of aromatic nitrogens is 4. The number of aliphatic carboxylic acids is 1. The van der Waals surface area contributed by atoms with Crippen LogP contribution < -0.4 is 48.3 Å². The van der Waals surface area contributed by atoms with Crippen LogP contribution in [0.2, 0.25) is 0 Å². The molecule has 0 saturated carbocycles. The van der Waals surface area contributed by atoms with E-state index in [4.69, 9.17) is 17.2 Å². The van der Waals surface area contributed by atoms with E-state index in [-0.39, 0.29) is 84.2 Å². The molecule has 29 heteroatoms. The number of carbonyl (C=O) groups excluding carboxylic acids is 11. The molecule has 4 aliphatic rings. The van der Waals surface area contributed by atoms with Crippen LogP contribution in [0.3, 0.4) is 0 Å². The van der Waals surface area contributed by atoms with Crippen LogP contribution >= 0.6 is 0 Å². The molecule has 6 aromatic carbocycles. The highest BCUT2D eigenvalue weighted by Gasteiger charge is 2.47. The molecule has 0 aliphatic carbocycles. The van der Waals surface area contributed by atoms with Crippen molar-refractivity contribution in [1.29, 1.82) is 0 Å². The average molecular weight is 1560 g/mol. The van der Waals surface area contributed by atoms with Gasteiger partial charge in [0, 0.05) is 115 Å². The predicted octanol–water partition coefficient (Wildman–Crippen LogP) is 10.5. The first kappa shape index (κ1) is 80.7. The molecule has 2 unspecified atom stereocenters. The number of nitrogens with zero attached hydrogens (tertiary/aromatic N) is 6. The maximum atomic E-state index is 13.3. The Morgan fingerprint density at radius 1 is 0.530 bits per heavy atom. The topological polar surface area (TPSA) is 405 Å². The Morgan fingerprint density at radius 3 is 1.46 bits per heavy atom. The van der Waals surface area contributed by atoms with Crippen LogP contribution in [-0.2, 0) is 48.0 Å². The van der Waals surface area contributed by atoms with Gasteiger partial charge < -0.3 is 42.7 Å². The number of benzene rings is 6. The molecule has 4 aromatic heterocycles. The van der Waals surface area contributed by atoms with Crippen molar-refractivity contribution in [3.05, 3.63) is 233 Å². The number of rotatable bonds is 27. The van der Waals surface area contributed by atoms with Gasteiger partial charge in [0.2, 0.25) is 29.5 Å². The fourth-order valence-electron chi connectivity index (χ4n) is 13.9. The predicted molar refractivity (Wildman–Crippen MR) is 431 cm³/mol. The van der Waals surface area contributed by atoms with Crippen molar-refractivity contribution >= 4 is 121 Å². The van der Waals surface area contributed by atoms with E-state index in [0.717, 1.165) is 140 Å². The Morgan fingerprint density at radius 2 is 1.00 bits per heavy atom. The number of hydrogen-bond acceptors (Lipinski definition) is 20. The number of carboxylic acids is 1. The van der Waals surface area contributed by atoms with Crippen LogP contribution in [0.5, 0.6) is 0 Å². The first-order valence-corrected chi connectivity index (χ1v) is 37.5. The van der Waals surface area contributed by atoms with Gasteiger partial charge in [0.05, 0.1) is 64.3 Å². The molecular weight excluding hydrogens is 1470 g/mol. The van der Waals surface area contributed by atoms with E-state index in [0.29, 0.717) is 28.9 Å². The van der Waals surface area contributed by atoms with Crippen molar-refractivity contribution in [2.75, 3.05) is 56.8 Å². The van der Waals surface area contributed by atoms with Crippen molar-refractivity contribution in [2.24, 2.45) is 5.73 Å². The van der Waals surface area contributed by atoms with Crippen LogP contribution in [0.1, 0.15) is 151 Å². The van der Waals surface area contributed by atoms with Crippen LogP contribution in [0.4, 0.5) is 32.8 Å². The highest BCUT2D eigenvalue weighted by Crippen LogP contribution is 2.37. The van der Waals surface area contributed by atoms with Crippen molar-refractivity contribution in [3.8, 4) is 22.3 Å². The van der Waals surface area contributed by atoms with Gasteiger partial charge in [-0.15, -0.1) is 0 Å². The van der Waals surface area contributed by atoms with Crippen molar-refractivity contribution in [2.45, 2.75) is 102 Å². The van der Waals surface area contributed by atoms with Gasteiger partial charge in [0.1, 0.15) is 18.6 Å². The number of nitrogens with one attached hydrogen (secondary N) is 8. The maximum Gasteiger partial charge on any atom is 0.322 e. The molecular formula is C86H86FN15O13. The quantitative estimate of drug-likeness (QED) is 0.0169. The number of para-hydroxylation sites is 2. The smallest absolute Gasteiger partial charge is 0.322 e. The van der Waals surface area contributed by atoms with Gasteiger partial charge in [-0.25, -0.2) is 0 Å². The third-order valence-electron chi connectivity index (χ3n) is 19.7. The summed E-state index contributed by atoms with van der Waals surface area (Å²) in [4.78, 5) is 168. The number of unbranched alkanes of at least 4 members (excludes halogenated alkanes) is 4. The van der Waals surface area contributed by atoms with Gasteiger partial charge in [0.25, 0.3) is 35.4 Å². The summed E-state index contributed by atoms with van der Waals surface area (Å²) >= 11 is 0. The molecule has 11 amide bonds. The Hall–Kier alpha value is -13.8. The molecule has 14 rings (SSSR count). The number of aryl methyl sites for hydroxylation is 3. The number of piperidine rings is 2. The molecule has 0 spiro atoms. The minimum absolute atomic E-state index is 0.0356. The van der Waals surface area contributed by atoms with Crippen LogP contribution in [-0.4, -0.2) is 159 Å². The SMILES string of the molecule is CNC(=O)c1cnc2ccc(-c3ccc(CCCCCN)nc3)cc2c1Nc1ccccc1.CNC(=O)c1cnc2ccc(-c3ccc(CCCCCNC(=O)CCc4cccc5c4C(=O)N(C4CCC(=O)NC4=O)C5=O)nc3)cc2c1Nc1ccccc1.O=C(O)CNc1cccc2c1C(=O)N(C1CCC(=O)NC1=O)C2=O.[2H]CF. The molecule has 2 atom stereocenters. The number of hydrogen-bond donors (Lipinski definition) is 10. The van der Waals surface area contributed by atoms with E-state index < -0.39 is 79.0 Å². The second-order valence-electron chi connectivity index (χ2n) is 27.2. The first-order chi connectivity index (χ1) is 56.2. The number of carbonyl (C=O) groups is 12. The lowest BCUT2D eigenvalue weighted by molar-refractivity contribution is -0.137. The summed E-state index contributed by atoms with van der Waals surface area (Å²) in [6.45, 7) is 0.834. The van der Waals surface area contributed by atoms with Gasteiger partial charge in [-0.3, -0.25) is 102 Å². The van der Waals surface area contributed by atoms with Crippen molar-refractivity contribution < 1.29 is 68.4 Å². The van der Waals surface area contributed by atoms with E-state index in [1.165, 1.54) is 18.2 Å². The molecule has 0 radical (unpaired) electrons. The van der Waals surface area contributed by atoms with E-state index in [1.54, 1.807) is 44.7 Å². The monoisotopic (exact) mass is 1560 g/mol. The standard InChI is InChI=1S/C43H41N7O6.C27H29N5O.C15H13N3O6.CH3F/c1-44-40(53)33-25-47-34-18-15-27(23-32(34)39(33)48-30-11-4-2-5-12-30)28-14-17-29(46-24-28)10-6-3-7-22-45-36(51)20-16-26-9-8-13-31-38(26)43(56)50(42(31)55)35-19-21-37(52)49-41(35)54;1-29-27(33)24-18-31-25-14-12-19(16-23(25)26(24)32-22-9-4-2-5-10-22)20-11-13-21(30-17-20)8-6-3-7-15-28;19-10-5-4-9(13(22)17-10)18-14(23)7-2-1-3-8(12(7)15(18)24)16-6-11(20)21;1-2/h2,4-5,8-9,11-15,17-18,23-25,35H,3,6-7,10,16,19-22H2,1H3,(H,44,53)(H,45,51)(H,47,48)(H,49,52,54);2,4-5,9-14,16-18H,3,6-8,15,28H2,1H3,(H,29,33)(H,31,32);1-3,9,16H,4-6H2,(H,20,21)(H,17,19,22);1H3/i;;;1D. The Kier molecular flexibility index (Phi) is 27.3. The van der Waals surface area contributed by atoms with E-state index in [2.05, 4.69) is 75.7 Å². The van der Waals surface area contributed by atoms with Crippen LogP contribution in [0.15, 0.2) is 183 Å². The maximum absolute atomic E-state index is 13.3. The molecule has 28 nitrogen and oxygen atoms in total. The Bertz CT molecular complexity index is 5370. The molecule has 11 N–H and O–H groups in total. The van der Waals surface area contributed by atoms with Gasteiger partial charge in [-0.1, -0.05) is 91.7 Å². The van der Waals surface area contributed by atoms with Gasteiger partial charge in [-0.2, -0.15) is 0 Å². The number of halogens is 1. The number of carboxylic acid groups (broad SMARTS) is 1. The van der Waals surface area contributed by atoms with E-state index in [9.17, 15) is 61.9 Å². The number of pyridine rings is 4. The third kappa shape index (κ3) is 19.7. The lowest BCUT2D eigenvalue weighted by Crippen LogP contribution is -2.54. The van der Waals surface area contributed by atoms with Crippen molar-refractivity contribution in [3.63, 3.8) is 0 Å². The minimum atomic E-state index is -1.12. The van der Waals surface area contributed by atoms with E-state index in [1.807, 2.05) is 116 Å². The number of imide groups is 4. The lowest BCUT2D eigenvalue weighted by atomic mass is 9.99. The first-order valence-electron chi connectivity index (χ1n) is 38.2. The summed E-state index contributed by atoms with van der Waals surface area (Å²) in [5.74, 6) is -6.38. The number of nitrogens with two attached hydrogens (primary N) is 1. The highest BCUT2D eigenvalue weighted by molar-refractivity contribution is 6.26. The number of fused-ring (bicyclic) bond motifs is 4. The van der Waals surface area contributed by atoms with Crippen LogP contribution in [0.25, 0.3) is 44.1 Å². The zero-order chi connectivity index (χ0) is 82.4. The van der Waals surface area contributed by atoms with Gasteiger partial charge in [-0.05, 0) is 160 Å². The minimum Gasteiger partial charge on any atom is -0.480 e. The average Bonchev–Trinajstić information content (AvgIpc) is 1.56. The van der Waals surface area contributed by atoms with Crippen LogP contribution in [0, 0.1) is 0 Å². The molecule has 8 heterocycles. The molecule has 2 saturated heterocycles. The highest BCUT2D eigenvalue weighted by atomic mass is 19.1. The Labute approximate surface area is 662 Å². The molecule has 2 fully saturated rings. The number of alkyl halides is 1. The second-order valence-corrected chi connectivity index (χ2v) is 27.2. The zero-order valence-electron chi connectivity index (χ0n) is 64.2. The summed E-state index contributed by atoms with van der Waals surface area (Å²) in [6.07, 6.45) is 15.2. The van der Waals surface area contributed by atoms with E-state index >= 15 is 0 Å². The van der Waals surface area contributed by atoms with Gasteiger partial charge >= 0.3 is 5.97 Å². The van der Waals surface area contributed by atoms with Crippen molar-refractivity contribution in [1.82, 2.24) is 56.3 Å². The Balaban J connectivity index is 0.000000186. The lowest BCUT2D eigenvalue weighted by Gasteiger charge is -2.27. The summed E-state index contributed by atoms with van der Waals surface area (Å²) in [7, 11) is 2.22. The fraction of sp³-hybridized carbons (Fsp3) is 0.256. The molecule has 4 aliphatic heterocycles. The number of anilines is 5. The van der Waals surface area contributed by atoms with Gasteiger partial charge in [0.15, 0.2) is 0 Å². The fourth-order valence-corrected chi connectivity index (χ4v) is 13.9. The normalized spacial score (nSPS) is 14.8. The third-order valence-corrected chi connectivity index (χ3v) is 19.7. The molecule has 10 aromatic rings. The summed E-state index contributed by atoms with van der Waals surface area (Å²) in [6, 6.07) is 47.1. The number of amides is 11. The molecule has 590 valence electrons. The molecule has 115 heavy (non-hydrogen) atoms. The summed E-state index contributed by atoms with van der Waals surface area (Å²) in [5.41, 5.74) is 18.6. The largest absolute Gasteiger partial charge is 0.480 e. The second kappa shape index (κ2) is 38.9. The summed E-state index contributed by atoms with van der Waals surface area (Å²) < 4.78 is 15.5. The molecule has 0 bridgehead atoms.